The third-order valence-corrected chi connectivity index (χ3v) is 7.37. The molecule has 0 aliphatic carbocycles. The molecule has 0 unspecified atom stereocenters. The van der Waals surface area contributed by atoms with Crippen LogP contribution in [-0.4, -0.2) is 210 Å². The molecule has 0 saturated carbocycles. The van der Waals surface area contributed by atoms with Crippen LogP contribution in [0.15, 0.2) is 11.6 Å². The molecule has 55 heavy (non-hydrogen) atoms. The zero-order valence-electron chi connectivity index (χ0n) is 29.2. The molecular formula is C24H64Cu4N4O22S. The third kappa shape index (κ3) is 47.4. The summed E-state index contributed by atoms with van der Waals surface area (Å²) in [5.74, 6) is -0.157. The number of hydrogen-bond donors (Lipinski definition) is 14. The van der Waals surface area contributed by atoms with E-state index in [0.29, 0.717) is 103 Å². The van der Waals surface area contributed by atoms with Gasteiger partial charge in [-0.2, -0.15) is 28.7 Å². The normalized spacial score (nSPS) is 18.0. The molecular weight excluding hydrogens is 983 g/mol. The third-order valence-electron chi connectivity index (χ3n) is 7.37. The number of aliphatic hydroxyl groups excluding tert-OH is 4. The number of piperidine rings is 3. The van der Waals surface area contributed by atoms with Crippen LogP contribution in [0.5, 0.6) is 0 Å². The van der Waals surface area contributed by atoms with Gasteiger partial charge in [0.05, 0.1) is 0 Å². The zero-order chi connectivity index (χ0) is 34.7. The fraction of sp³-hybridized carbons (Fsp3) is 0.917. The summed E-state index contributed by atoms with van der Waals surface area (Å²) >= 11 is 0. The van der Waals surface area contributed by atoms with E-state index in [1.165, 1.54) is 15.2 Å². The predicted octanol–water partition coefficient (Wildman–Crippen LogP) is -8.10. The Morgan fingerprint density at radius 2 is 0.691 bits per heavy atom. The van der Waals surface area contributed by atoms with Gasteiger partial charge in [-0.3, -0.25) is 9.11 Å². The van der Waals surface area contributed by atoms with Gasteiger partial charge in [0, 0.05) is 138 Å². The number of hydrogen-bond acceptors (Lipinski definition) is 18. The molecule has 4 aliphatic rings. The molecule has 26 nitrogen and oxygen atoms in total. The van der Waals surface area contributed by atoms with Crippen LogP contribution in [0.4, 0.5) is 0 Å². The summed E-state index contributed by atoms with van der Waals surface area (Å²) in [5, 5.41) is 110. The molecule has 3 fully saturated rings. The summed E-state index contributed by atoms with van der Waals surface area (Å²) in [7, 11) is -4.67. The van der Waals surface area contributed by atoms with Crippen molar-refractivity contribution in [1.82, 2.24) is 20.3 Å². The van der Waals surface area contributed by atoms with Crippen LogP contribution in [0.2, 0.25) is 0 Å². The Morgan fingerprint density at radius 3 is 0.836 bits per heavy atom. The van der Waals surface area contributed by atoms with Gasteiger partial charge < -0.3 is 94.5 Å². The van der Waals surface area contributed by atoms with Gasteiger partial charge in [-0.05, 0) is 50.5 Å². The van der Waals surface area contributed by atoms with Gasteiger partial charge in [0.2, 0.25) is 0 Å². The molecule has 0 amide bonds. The van der Waals surface area contributed by atoms with Crippen molar-refractivity contribution in [3.63, 3.8) is 0 Å². The van der Waals surface area contributed by atoms with E-state index in [4.69, 9.17) is 79.2 Å². The Labute approximate surface area is 361 Å². The first-order chi connectivity index (χ1) is 20.8. The molecule has 0 spiro atoms. The van der Waals surface area contributed by atoms with Crippen molar-refractivity contribution in [2.45, 2.75) is 70.1 Å². The SMILES string of the molecule is O.O.O.O.O.O.O=S(=O)(O)O.OC(O)C1=CCN(O)CC1.OC(O)C1CCN(O)CC1.OC(O)C1CCN(O)CC1.OC(O)C1CCN(O)CC1.[Cu].[Cu].[Cu].[Cu]. The Bertz CT molecular complexity index is 833. The smallest absolute Gasteiger partial charge is 0.394 e. The largest absolute Gasteiger partial charge is 0.412 e. The molecule has 26 N–H and O–H groups in total. The van der Waals surface area contributed by atoms with E-state index in [2.05, 4.69) is 0 Å². The second-order valence-corrected chi connectivity index (χ2v) is 11.8. The van der Waals surface area contributed by atoms with Crippen molar-refractivity contribution in [2.75, 3.05) is 52.4 Å². The number of rotatable bonds is 4. The Balaban J connectivity index is -0.0000000474. The molecule has 4 heterocycles. The summed E-state index contributed by atoms with van der Waals surface area (Å²) in [4.78, 5) is 0. The molecule has 4 aliphatic heterocycles. The van der Waals surface area contributed by atoms with Crippen molar-refractivity contribution in [3.05, 3.63) is 11.6 Å². The first-order valence-corrected chi connectivity index (χ1v) is 15.8. The maximum atomic E-state index is 8.88. The van der Waals surface area contributed by atoms with E-state index in [1.807, 2.05) is 0 Å². The minimum Gasteiger partial charge on any atom is -0.412 e. The molecule has 31 heteroatoms. The first-order valence-electron chi connectivity index (χ1n) is 14.4. The molecule has 4 rings (SSSR count). The minimum atomic E-state index is -4.67. The molecule has 0 aromatic carbocycles. The number of hydroxylamine groups is 8. The fourth-order valence-electron chi connectivity index (χ4n) is 4.46. The van der Waals surface area contributed by atoms with E-state index in [1.54, 1.807) is 6.08 Å². The number of aliphatic hydroxyl groups is 8. The van der Waals surface area contributed by atoms with Crippen LogP contribution in [0, 0.1) is 17.8 Å². The van der Waals surface area contributed by atoms with Gasteiger partial charge in [0.15, 0.2) is 25.2 Å². The van der Waals surface area contributed by atoms with Gasteiger partial charge in [-0.15, -0.1) is 0 Å². The van der Waals surface area contributed by atoms with Crippen LogP contribution < -0.4 is 0 Å². The van der Waals surface area contributed by atoms with Crippen LogP contribution in [0.1, 0.15) is 44.9 Å². The molecule has 362 valence electrons. The fourth-order valence-corrected chi connectivity index (χ4v) is 4.46. The monoisotopic (exact) mass is 1040 g/mol. The van der Waals surface area contributed by atoms with Crippen molar-refractivity contribution in [3.8, 4) is 0 Å². The van der Waals surface area contributed by atoms with Gasteiger partial charge in [-0.25, -0.2) is 0 Å². The maximum Gasteiger partial charge on any atom is 0.394 e. The summed E-state index contributed by atoms with van der Waals surface area (Å²) in [6.07, 6.45) is 1.11. The Morgan fingerprint density at radius 1 is 0.473 bits per heavy atom. The minimum absolute atomic E-state index is 0. The average molecular weight is 1050 g/mol. The molecule has 0 atom stereocenters. The van der Waals surface area contributed by atoms with Crippen molar-refractivity contribution in [1.29, 1.82) is 0 Å². The van der Waals surface area contributed by atoms with E-state index in [0.717, 1.165) is 5.06 Å². The van der Waals surface area contributed by atoms with E-state index < -0.39 is 35.6 Å². The Kier molecular flexibility index (Phi) is 69.7. The maximum absolute atomic E-state index is 8.88. The summed E-state index contributed by atoms with van der Waals surface area (Å²) in [6.45, 7) is 4.12. The van der Waals surface area contributed by atoms with Crippen LogP contribution in [0.3, 0.4) is 0 Å². The summed E-state index contributed by atoms with van der Waals surface area (Å²) < 4.78 is 31.6. The van der Waals surface area contributed by atoms with Gasteiger partial charge in [-0.1, -0.05) is 6.08 Å². The molecule has 4 radical (unpaired) electrons. The Hall–Kier alpha value is 0.808. The zero-order valence-corrected chi connectivity index (χ0v) is 33.8. The standard InChI is InChI=1S/3C6H13NO3.C6H11NO3.4Cu.H2O4S.6H2O/c4*8-6(9)5-1-3-7(10)4-2-5;;;;;1-5(2,3)4;;;;;;/h3*5-6,8-10H,1-4H2;1,6,8-10H,2-4H2;;;;;(H2,1,2,3,4);6*1H2. The van der Waals surface area contributed by atoms with E-state index >= 15 is 0 Å². The topological polar surface area (TPSA) is 519 Å². The van der Waals surface area contributed by atoms with Crippen molar-refractivity contribution in [2.24, 2.45) is 17.8 Å². The first kappa shape index (κ1) is 83.5. The second kappa shape index (κ2) is 45.9. The predicted molar refractivity (Wildman–Crippen MR) is 173 cm³/mol. The molecule has 0 bridgehead atoms. The van der Waals surface area contributed by atoms with Crippen molar-refractivity contribution < 1.29 is 180 Å². The van der Waals surface area contributed by atoms with Crippen molar-refractivity contribution >= 4 is 10.4 Å². The van der Waals surface area contributed by atoms with Gasteiger partial charge in [0.25, 0.3) is 0 Å². The van der Waals surface area contributed by atoms with Crippen LogP contribution in [0.25, 0.3) is 0 Å². The van der Waals surface area contributed by atoms with E-state index in [9.17, 15) is 0 Å². The number of nitrogens with zero attached hydrogens (tertiary/aromatic N) is 4. The van der Waals surface area contributed by atoms with Gasteiger partial charge >= 0.3 is 10.4 Å². The van der Waals surface area contributed by atoms with Gasteiger partial charge in [0.1, 0.15) is 0 Å². The van der Waals surface area contributed by atoms with Crippen LogP contribution >= 0.6 is 0 Å². The molecule has 3 saturated heterocycles. The van der Waals surface area contributed by atoms with Crippen LogP contribution in [-0.2, 0) is 78.7 Å². The second-order valence-electron chi connectivity index (χ2n) is 10.9. The summed E-state index contributed by atoms with van der Waals surface area (Å²) in [6, 6.07) is 0. The molecule has 0 aromatic rings. The quantitative estimate of drug-likeness (QED) is 0.0538. The summed E-state index contributed by atoms with van der Waals surface area (Å²) in [5.41, 5.74) is 0.588. The average Bonchev–Trinajstić information content (AvgIpc) is 2.94. The van der Waals surface area contributed by atoms with E-state index in [-0.39, 0.29) is 119 Å². The molecule has 0 aromatic heterocycles.